The number of anilines is 1. The highest BCUT2D eigenvalue weighted by Crippen LogP contribution is 2.15. The van der Waals surface area contributed by atoms with Crippen molar-refractivity contribution in [3.8, 4) is 11.8 Å². The molecule has 0 radical (unpaired) electrons. The lowest BCUT2D eigenvalue weighted by molar-refractivity contribution is 0.249. The van der Waals surface area contributed by atoms with Gasteiger partial charge in [0.25, 0.3) is 0 Å². The molecule has 5 nitrogen and oxygen atoms in total. The van der Waals surface area contributed by atoms with Gasteiger partial charge in [-0.1, -0.05) is 0 Å². The Bertz CT molecular complexity index is 446. The number of ether oxygens (including phenoxy) is 1. The van der Waals surface area contributed by atoms with Crippen LogP contribution in [0.5, 0.6) is 5.75 Å². The monoisotopic (exact) mass is 247 g/mol. The first-order valence-corrected chi connectivity index (χ1v) is 5.57. The molecule has 0 heterocycles. The second-order valence-corrected chi connectivity index (χ2v) is 4.53. The third-order valence-electron chi connectivity index (χ3n) is 2.34. The number of benzene rings is 1. The summed E-state index contributed by atoms with van der Waals surface area (Å²) in [4.78, 5) is 11.6. The standard InChI is InChI=1S/C13H17N3O2/c1-13(2,8-14)9-15-12(17)16-10-4-6-11(18-3)7-5-10/h4-7H,9H2,1-3H3,(H2,15,16,17). The second kappa shape index (κ2) is 5.92. The van der Waals surface area contributed by atoms with E-state index in [1.54, 1.807) is 45.2 Å². The predicted octanol–water partition coefficient (Wildman–Crippen LogP) is 2.37. The Labute approximate surface area is 107 Å². The number of amides is 2. The lowest BCUT2D eigenvalue weighted by atomic mass is 9.96. The van der Waals surface area contributed by atoms with Gasteiger partial charge in [0, 0.05) is 12.2 Å². The van der Waals surface area contributed by atoms with Crippen LogP contribution in [0.4, 0.5) is 10.5 Å². The molecule has 5 heteroatoms. The number of nitrogens with zero attached hydrogens (tertiary/aromatic N) is 1. The maximum atomic E-state index is 11.6. The van der Waals surface area contributed by atoms with Crippen molar-refractivity contribution in [2.45, 2.75) is 13.8 Å². The molecular formula is C13H17N3O2. The maximum absolute atomic E-state index is 11.6. The molecule has 0 aliphatic carbocycles. The fourth-order valence-corrected chi connectivity index (χ4v) is 1.19. The minimum Gasteiger partial charge on any atom is -0.497 e. The van der Waals surface area contributed by atoms with Gasteiger partial charge in [0.1, 0.15) is 5.75 Å². The van der Waals surface area contributed by atoms with Crippen molar-refractivity contribution in [2.24, 2.45) is 5.41 Å². The van der Waals surface area contributed by atoms with E-state index in [1.165, 1.54) is 0 Å². The Kier molecular flexibility index (Phi) is 4.55. The van der Waals surface area contributed by atoms with E-state index in [-0.39, 0.29) is 6.03 Å². The average Bonchev–Trinajstić information content (AvgIpc) is 2.37. The first-order valence-electron chi connectivity index (χ1n) is 5.57. The highest BCUT2D eigenvalue weighted by molar-refractivity contribution is 5.89. The highest BCUT2D eigenvalue weighted by atomic mass is 16.5. The third kappa shape index (κ3) is 4.34. The summed E-state index contributed by atoms with van der Waals surface area (Å²) in [6.07, 6.45) is 0. The minimum atomic E-state index is -0.572. The van der Waals surface area contributed by atoms with Crippen LogP contribution in [0.25, 0.3) is 0 Å². The Balaban J connectivity index is 2.47. The van der Waals surface area contributed by atoms with Gasteiger partial charge in [0.15, 0.2) is 0 Å². The molecule has 0 saturated carbocycles. The van der Waals surface area contributed by atoms with Crippen molar-refractivity contribution < 1.29 is 9.53 Å². The SMILES string of the molecule is COc1ccc(NC(=O)NCC(C)(C)C#N)cc1. The molecule has 2 N–H and O–H groups in total. The fraction of sp³-hybridized carbons (Fsp3) is 0.385. The summed E-state index contributed by atoms with van der Waals surface area (Å²) < 4.78 is 5.02. The van der Waals surface area contributed by atoms with Crippen LogP contribution in [-0.2, 0) is 0 Å². The van der Waals surface area contributed by atoms with Gasteiger partial charge >= 0.3 is 6.03 Å². The van der Waals surface area contributed by atoms with Gasteiger partial charge in [-0.15, -0.1) is 0 Å². The van der Waals surface area contributed by atoms with Gasteiger partial charge in [0.05, 0.1) is 18.6 Å². The van der Waals surface area contributed by atoms with Crippen molar-refractivity contribution in [2.75, 3.05) is 19.0 Å². The molecule has 0 unspecified atom stereocenters. The lowest BCUT2D eigenvalue weighted by Crippen LogP contribution is -2.36. The van der Waals surface area contributed by atoms with E-state index in [2.05, 4.69) is 16.7 Å². The van der Waals surface area contributed by atoms with Crippen molar-refractivity contribution in [3.63, 3.8) is 0 Å². The Morgan fingerprint density at radius 3 is 2.50 bits per heavy atom. The number of nitrogens with one attached hydrogen (secondary N) is 2. The molecule has 0 spiro atoms. The van der Waals surface area contributed by atoms with Crippen molar-refractivity contribution >= 4 is 11.7 Å². The van der Waals surface area contributed by atoms with E-state index >= 15 is 0 Å². The van der Waals surface area contributed by atoms with E-state index in [9.17, 15) is 4.79 Å². The minimum absolute atomic E-state index is 0.297. The normalized spacial score (nSPS) is 10.3. The van der Waals surface area contributed by atoms with E-state index in [1.807, 2.05) is 0 Å². The molecule has 1 aromatic carbocycles. The Hall–Kier alpha value is -2.22. The van der Waals surface area contributed by atoms with Gasteiger partial charge < -0.3 is 15.4 Å². The Morgan fingerprint density at radius 1 is 1.39 bits per heavy atom. The summed E-state index contributed by atoms with van der Waals surface area (Å²) in [7, 11) is 1.58. The molecular weight excluding hydrogens is 230 g/mol. The van der Waals surface area contributed by atoms with Crippen molar-refractivity contribution in [3.05, 3.63) is 24.3 Å². The van der Waals surface area contributed by atoms with Crippen LogP contribution in [0.1, 0.15) is 13.8 Å². The molecule has 0 aliphatic heterocycles. The van der Waals surface area contributed by atoms with Crippen LogP contribution < -0.4 is 15.4 Å². The summed E-state index contributed by atoms with van der Waals surface area (Å²) in [6.45, 7) is 3.83. The van der Waals surface area contributed by atoms with E-state index in [0.29, 0.717) is 12.2 Å². The number of carbonyl (C=O) groups is 1. The Morgan fingerprint density at radius 2 is 2.00 bits per heavy atom. The van der Waals surface area contributed by atoms with E-state index in [0.717, 1.165) is 5.75 Å². The molecule has 1 rings (SSSR count). The average molecular weight is 247 g/mol. The second-order valence-electron chi connectivity index (χ2n) is 4.53. The summed E-state index contributed by atoms with van der Waals surface area (Å²) in [6, 6.07) is 8.79. The van der Waals surface area contributed by atoms with Gasteiger partial charge in [-0.2, -0.15) is 5.26 Å². The summed E-state index contributed by atoms with van der Waals surface area (Å²) in [5, 5.41) is 14.1. The van der Waals surface area contributed by atoms with Crippen LogP contribution in [0.15, 0.2) is 24.3 Å². The quantitative estimate of drug-likeness (QED) is 0.857. The fourth-order valence-electron chi connectivity index (χ4n) is 1.19. The third-order valence-corrected chi connectivity index (χ3v) is 2.34. The maximum Gasteiger partial charge on any atom is 0.319 e. The van der Waals surface area contributed by atoms with Gasteiger partial charge in [0.2, 0.25) is 0 Å². The number of carbonyl (C=O) groups excluding carboxylic acids is 1. The zero-order valence-corrected chi connectivity index (χ0v) is 10.8. The number of hydrogen-bond donors (Lipinski definition) is 2. The molecule has 2 amide bonds. The van der Waals surface area contributed by atoms with Crippen LogP contribution in [0.2, 0.25) is 0 Å². The number of nitriles is 1. The van der Waals surface area contributed by atoms with Crippen LogP contribution in [-0.4, -0.2) is 19.7 Å². The number of rotatable bonds is 4. The van der Waals surface area contributed by atoms with Crippen molar-refractivity contribution in [1.29, 1.82) is 5.26 Å². The van der Waals surface area contributed by atoms with Crippen LogP contribution in [0, 0.1) is 16.7 Å². The topological polar surface area (TPSA) is 74.2 Å². The number of hydrogen-bond acceptors (Lipinski definition) is 3. The largest absolute Gasteiger partial charge is 0.497 e. The molecule has 96 valence electrons. The smallest absolute Gasteiger partial charge is 0.319 e. The molecule has 0 fully saturated rings. The zero-order chi connectivity index (χ0) is 13.6. The first kappa shape index (κ1) is 13.8. The molecule has 0 bridgehead atoms. The predicted molar refractivity (Wildman–Crippen MR) is 69.4 cm³/mol. The molecule has 0 saturated heterocycles. The van der Waals surface area contributed by atoms with Gasteiger partial charge in [-0.3, -0.25) is 0 Å². The first-order chi connectivity index (χ1) is 8.46. The summed E-state index contributed by atoms with van der Waals surface area (Å²) >= 11 is 0. The molecule has 1 aromatic rings. The summed E-state index contributed by atoms with van der Waals surface area (Å²) in [5.74, 6) is 0.728. The zero-order valence-electron chi connectivity index (χ0n) is 10.8. The molecule has 0 atom stereocenters. The molecule has 0 aromatic heterocycles. The van der Waals surface area contributed by atoms with Crippen LogP contribution in [0.3, 0.4) is 0 Å². The highest BCUT2D eigenvalue weighted by Gasteiger charge is 2.17. The molecule has 18 heavy (non-hydrogen) atoms. The number of urea groups is 1. The molecule has 0 aliphatic rings. The number of methoxy groups -OCH3 is 1. The van der Waals surface area contributed by atoms with Crippen LogP contribution >= 0.6 is 0 Å². The van der Waals surface area contributed by atoms with Gasteiger partial charge in [-0.05, 0) is 38.1 Å². The lowest BCUT2D eigenvalue weighted by Gasteiger charge is -2.16. The summed E-state index contributed by atoms with van der Waals surface area (Å²) in [5.41, 5.74) is 0.0973. The van der Waals surface area contributed by atoms with E-state index < -0.39 is 5.41 Å². The van der Waals surface area contributed by atoms with E-state index in [4.69, 9.17) is 10.00 Å². The van der Waals surface area contributed by atoms with Gasteiger partial charge in [-0.25, -0.2) is 4.79 Å². The van der Waals surface area contributed by atoms with Crippen molar-refractivity contribution in [1.82, 2.24) is 5.32 Å².